The Labute approximate surface area is 318 Å². The van der Waals surface area contributed by atoms with E-state index in [9.17, 15) is 0 Å². The lowest BCUT2D eigenvalue weighted by atomic mass is 9.84. The highest BCUT2D eigenvalue weighted by Crippen LogP contribution is 2.51. The zero-order valence-corrected chi connectivity index (χ0v) is 29.9. The second kappa shape index (κ2) is 11.7. The maximum atomic E-state index is 6.18. The summed E-state index contributed by atoms with van der Waals surface area (Å²) in [4.78, 5) is 0. The predicted molar refractivity (Wildman–Crippen MR) is 229 cm³/mol. The van der Waals surface area contributed by atoms with E-state index < -0.39 is 0 Å². The standard InChI is InChI=1S/C53H33NO/c1-2-12-36(13-3-1)54-49-22-8-6-15-42(49)46-30-34(25-28-50(46)54)33-24-27-41-39-14-4-5-17-44(39)53(48(41)31-33)45-21-11-19-38-37(18-10-20-40(38)45)35-26-29-52-47(32-35)43-16-7-9-23-51(43)55-52/h1-32,53H. The first kappa shape index (κ1) is 30.3. The lowest BCUT2D eigenvalue weighted by molar-refractivity contribution is 0.669. The molecule has 2 aromatic heterocycles. The molecule has 1 atom stereocenters. The van der Waals surface area contributed by atoms with Crippen LogP contribution in [0.1, 0.15) is 22.6 Å². The molecule has 0 aliphatic heterocycles. The van der Waals surface area contributed by atoms with Crippen molar-refractivity contribution in [2.24, 2.45) is 0 Å². The quantitative estimate of drug-likeness (QED) is 0.179. The van der Waals surface area contributed by atoms with Crippen LogP contribution in [-0.4, -0.2) is 4.57 Å². The largest absolute Gasteiger partial charge is 0.456 e. The SMILES string of the molecule is c1ccc(-n2c3ccccc3c3cc(-c4ccc5c(c4)C(c4cccc6c(-c7ccc8oc9ccccc9c8c7)cccc46)c4ccccc4-5)ccc32)cc1. The summed E-state index contributed by atoms with van der Waals surface area (Å²) in [7, 11) is 0. The summed E-state index contributed by atoms with van der Waals surface area (Å²) in [5.74, 6) is 0.106. The molecule has 0 spiro atoms. The molecule has 2 heteroatoms. The van der Waals surface area contributed by atoms with Crippen molar-refractivity contribution in [3.8, 4) is 39.1 Å². The Hall–Kier alpha value is -7.16. The Morgan fingerprint density at radius 2 is 0.945 bits per heavy atom. The highest BCUT2D eigenvalue weighted by atomic mass is 16.3. The molecule has 0 fully saturated rings. The summed E-state index contributed by atoms with van der Waals surface area (Å²) in [5, 5.41) is 7.37. The molecule has 1 aliphatic rings. The van der Waals surface area contributed by atoms with Crippen LogP contribution in [0.5, 0.6) is 0 Å². The minimum Gasteiger partial charge on any atom is -0.456 e. The Kier molecular flexibility index (Phi) is 6.43. The molecule has 2 nitrogen and oxygen atoms in total. The molecule has 55 heavy (non-hydrogen) atoms. The summed E-state index contributed by atoms with van der Waals surface area (Å²) in [6.45, 7) is 0. The number of rotatable bonds is 4. The second-order valence-electron chi connectivity index (χ2n) is 14.8. The summed E-state index contributed by atoms with van der Waals surface area (Å²) in [6.07, 6.45) is 0. The van der Waals surface area contributed by atoms with Crippen LogP contribution in [0.25, 0.3) is 93.6 Å². The molecule has 1 aliphatic carbocycles. The van der Waals surface area contributed by atoms with Crippen molar-refractivity contribution in [1.82, 2.24) is 4.57 Å². The van der Waals surface area contributed by atoms with Crippen LogP contribution in [-0.2, 0) is 0 Å². The van der Waals surface area contributed by atoms with E-state index in [1.54, 1.807) is 0 Å². The molecule has 12 rings (SSSR count). The molecule has 0 radical (unpaired) electrons. The third-order valence-electron chi connectivity index (χ3n) is 11.9. The van der Waals surface area contributed by atoms with Gasteiger partial charge in [-0.15, -0.1) is 0 Å². The van der Waals surface area contributed by atoms with Crippen molar-refractivity contribution in [2.75, 3.05) is 0 Å². The number of furan rings is 1. The van der Waals surface area contributed by atoms with E-state index in [0.29, 0.717) is 0 Å². The average molecular weight is 700 g/mol. The van der Waals surface area contributed by atoms with Crippen LogP contribution < -0.4 is 0 Å². The van der Waals surface area contributed by atoms with Crippen molar-refractivity contribution in [2.45, 2.75) is 5.92 Å². The minimum absolute atomic E-state index is 0.106. The van der Waals surface area contributed by atoms with Crippen molar-refractivity contribution >= 4 is 54.5 Å². The summed E-state index contributed by atoms with van der Waals surface area (Å²) in [5.41, 5.74) is 17.0. The predicted octanol–water partition coefficient (Wildman–Crippen LogP) is 14.3. The van der Waals surface area contributed by atoms with E-state index in [0.717, 1.165) is 21.9 Å². The first-order valence-electron chi connectivity index (χ1n) is 19.0. The fourth-order valence-electron chi connectivity index (χ4n) is 9.46. The van der Waals surface area contributed by atoms with E-state index in [1.165, 1.54) is 88.3 Å². The van der Waals surface area contributed by atoms with Gasteiger partial charge in [-0.2, -0.15) is 0 Å². The van der Waals surface area contributed by atoms with Crippen molar-refractivity contribution in [3.63, 3.8) is 0 Å². The molecule has 0 amide bonds. The van der Waals surface area contributed by atoms with E-state index in [4.69, 9.17) is 4.42 Å². The first-order valence-corrected chi connectivity index (χ1v) is 19.0. The lowest BCUT2D eigenvalue weighted by Gasteiger charge is -2.19. The van der Waals surface area contributed by atoms with Gasteiger partial charge in [0.1, 0.15) is 11.2 Å². The molecule has 256 valence electrons. The van der Waals surface area contributed by atoms with Crippen LogP contribution in [0.15, 0.2) is 199 Å². The molecule has 0 saturated heterocycles. The number of benzene rings is 9. The molecule has 0 bridgehead atoms. The third-order valence-corrected chi connectivity index (χ3v) is 11.9. The van der Waals surface area contributed by atoms with Gasteiger partial charge in [0, 0.05) is 33.2 Å². The molecule has 2 heterocycles. The van der Waals surface area contributed by atoms with Gasteiger partial charge in [-0.05, 0) is 115 Å². The van der Waals surface area contributed by atoms with Gasteiger partial charge in [0.15, 0.2) is 0 Å². The van der Waals surface area contributed by atoms with Crippen molar-refractivity contribution < 1.29 is 4.42 Å². The normalized spacial score (nSPS) is 13.6. The maximum absolute atomic E-state index is 6.18. The molecular weight excluding hydrogens is 667 g/mol. The topological polar surface area (TPSA) is 18.1 Å². The third kappa shape index (κ3) is 4.49. The lowest BCUT2D eigenvalue weighted by Crippen LogP contribution is -2.01. The minimum atomic E-state index is 0.106. The van der Waals surface area contributed by atoms with Gasteiger partial charge in [-0.25, -0.2) is 0 Å². The highest BCUT2D eigenvalue weighted by molar-refractivity contribution is 6.11. The van der Waals surface area contributed by atoms with Crippen LogP contribution in [0, 0.1) is 0 Å². The first-order chi connectivity index (χ1) is 27.3. The summed E-state index contributed by atoms with van der Waals surface area (Å²) in [6, 6.07) is 71.1. The number of fused-ring (bicyclic) bond motifs is 10. The van der Waals surface area contributed by atoms with Gasteiger partial charge in [-0.1, -0.05) is 140 Å². The fraction of sp³-hybridized carbons (Fsp3) is 0.0189. The fourth-order valence-corrected chi connectivity index (χ4v) is 9.46. The van der Waals surface area contributed by atoms with Gasteiger partial charge in [0.05, 0.1) is 11.0 Å². The molecule has 0 N–H and O–H groups in total. The maximum Gasteiger partial charge on any atom is 0.135 e. The highest BCUT2D eigenvalue weighted by Gasteiger charge is 2.31. The average Bonchev–Trinajstić information content (AvgIpc) is 3.90. The van der Waals surface area contributed by atoms with Crippen LogP contribution in [0.2, 0.25) is 0 Å². The summed E-state index contributed by atoms with van der Waals surface area (Å²) >= 11 is 0. The number of aromatic nitrogens is 1. The van der Waals surface area contributed by atoms with E-state index in [2.05, 4.69) is 187 Å². The van der Waals surface area contributed by atoms with Crippen molar-refractivity contribution in [1.29, 1.82) is 0 Å². The van der Waals surface area contributed by atoms with E-state index >= 15 is 0 Å². The van der Waals surface area contributed by atoms with E-state index in [-0.39, 0.29) is 5.92 Å². The second-order valence-corrected chi connectivity index (χ2v) is 14.8. The zero-order chi connectivity index (χ0) is 36.0. The number of nitrogens with zero attached hydrogens (tertiary/aromatic N) is 1. The van der Waals surface area contributed by atoms with Gasteiger partial charge in [-0.3, -0.25) is 0 Å². The van der Waals surface area contributed by atoms with Crippen molar-refractivity contribution in [3.05, 3.63) is 211 Å². The Balaban J connectivity index is 1.02. The zero-order valence-electron chi connectivity index (χ0n) is 29.9. The molecular formula is C53H33NO. The smallest absolute Gasteiger partial charge is 0.135 e. The number of hydrogen-bond donors (Lipinski definition) is 0. The molecule has 1 unspecified atom stereocenters. The Bertz CT molecular complexity index is 3330. The number of hydrogen-bond acceptors (Lipinski definition) is 1. The van der Waals surface area contributed by atoms with Crippen LogP contribution >= 0.6 is 0 Å². The van der Waals surface area contributed by atoms with E-state index in [1.807, 2.05) is 12.1 Å². The molecule has 9 aromatic carbocycles. The van der Waals surface area contributed by atoms with Crippen LogP contribution in [0.4, 0.5) is 0 Å². The molecule has 11 aromatic rings. The monoisotopic (exact) mass is 699 g/mol. The molecule has 0 saturated carbocycles. The van der Waals surface area contributed by atoms with Gasteiger partial charge in [0.2, 0.25) is 0 Å². The Morgan fingerprint density at radius 1 is 0.327 bits per heavy atom. The summed E-state index contributed by atoms with van der Waals surface area (Å²) < 4.78 is 8.57. The van der Waals surface area contributed by atoms with Gasteiger partial charge < -0.3 is 8.98 Å². The Morgan fingerprint density at radius 3 is 1.89 bits per heavy atom. The van der Waals surface area contributed by atoms with Gasteiger partial charge in [0.25, 0.3) is 0 Å². The van der Waals surface area contributed by atoms with Gasteiger partial charge >= 0.3 is 0 Å². The van der Waals surface area contributed by atoms with Crippen LogP contribution in [0.3, 0.4) is 0 Å². The number of para-hydroxylation sites is 3.